The van der Waals surface area contributed by atoms with Crippen molar-refractivity contribution in [3.05, 3.63) is 101 Å². The third kappa shape index (κ3) is 3.04. The Bertz CT molecular complexity index is 1190. The van der Waals surface area contributed by atoms with Crippen molar-refractivity contribution in [2.24, 2.45) is 0 Å². The lowest BCUT2D eigenvalue weighted by atomic mass is 10.1. The first kappa shape index (κ1) is 18.2. The lowest BCUT2D eigenvalue weighted by molar-refractivity contribution is 0.104. The summed E-state index contributed by atoms with van der Waals surface area (Å²) < 4.78 is 26.4. The van der Waals surface area contributed by atoms with Gasteiger partial charge in [-0.2, -0.15) is 0 Å². The van der Waals surface area contributed by atoms with Crippen LogP contribution in [0, 0.1) is 13.8 Å². The second-order valence-electron chi connectivity index (χ2n) is 6.87. The van der Waals surface area contributed by atoms with Crippen molar-refractivity contribution in [2.45, 2.75) is 18.7 Å². The van der Waals surface area contributed by atoms with Gasteiger partial charge in [-0.25, -0.2) is 8.42 Å². The molecule has 5 heteroatoms. The normalized spacial score (nSPS) is 14.9. The number of sulfone groups is 1. The largest absolute Gasteiger partial charge is 0.314 e. The van der Waals surface area contributed by atoms with Crippen LogP contribution in [0.5, 0.6) is 0 Å². The SMILES string of the molecule is Cc1ccc(C(=O)C2=CN(c3ccc(C)cc3)c3ccccc3S2(=O)=O)cc1. The number of carbonyl (C=O) groups is 1. The van der Waals surface area contributed by atoms with E-state index >= 15 is 0 Å². The number of hydrogen-bond acceptors (Lipinski definition) is 4. The highest BCUT2D eigenvalue weighted by Gasteiger charge is 2.35. The Hall–Kier alpha value is -3.18. The lowest BCUT2D eigenvalue weighted by Crippen LogP contribution is -2.25. The number of nitrogens with zero attached hydrogens (tertiary/aromatic N) is 1. The maximum absolute atomic E-state index is 13.2. The third-order valence-corrected chi connectivity index (χ3v) is 6.59. The van der Waals surface area contributed by atoms with Gasteiger partial charge in [0.1, 0.15) is 4.91 Å². The number of carbonyl (C=O) groups excluding carboxylic acids is 1. The Balaban J connectivity index is 1.90. The molecular formula is C23H19NO3S. The van der Waals surface area contributed by atoms with E-state index in [0.29, 0.717) is 11.3 Å². The van der Waals surface area contributed by atoms with E-state index in [4.69, 9.17) is 0 Å². The monoisotopic (exact) mass is 389 g/mol. The van der Waals surface area contributed by atoms with E-state index in [1.165, 1.54) is 6.20 Å². The quantitative estimate of drug-likeness (QED) is 0.595. The molecule has 0 bridgehead atoms. The maximum atomic E-state index is 13.2. The van der Waals surface area contributed by atoms with Gasteiger partial charge in [0.15, 0.2) is 0 Å². The van der Waals surface area contributed by atoms with E-state index in [9.17, 15) is 13.2 Å². The van der Waals surface area contributed by atoms with Crippen LogP contribution in [-0.2, 0) is 9.84 Å². The number of benzene rings is 3. The highest BCUT2D eigenvalue weighted by atomic mass is 32.2. The standard InChI is InChI=1S/C23H19NO3S/c1-16-7-11-18(12-8-16)23(25)22-15-24(19-13-9-17(2)10-14-19)20-5-3-4-6-21(20)28(22,26)27/h3-15H,1-2H3. The predicted molar refractivity (Wildman–Crippen MR) is 111 cm³/mol. The molecule has 28 heavy (non-hydrogen) atoms. The zero-order chi connectivity index (χ0) is 19.9. The van der Waals surface area contributed by atoms with Gasteiger partial charge in [-0.05, 0) is 38.1 Å². The van der Waals surface area contributed by atoms with Gasteiger partial charge < -0.3 is 4.90 Å². The van der Waals surface area contributed by atoms with Crippen molar-refractivity contribution in [3.8, 4) is 0 Å². The average molecular weight is 389 g/mol. The van der Waals surface area contributed by atoms with Crippen LogP contribution in [0.1, 0.15) is 21.5 Å². The molecule has 4 nitrogen and oxygen atoms in total. The Morgan fingerprint density at radius 3 is 2.00 bits per heavy atom. The van der Waals surface area contributed by atoms with Crippen LogP contribution in [0.3, 0.4) is 0 Å². The van der Waals surface area contributed by atoms with Crippen LogP contribution in [0.25, 0.3) is 0 Å². The van der Waals surface area contributed by atoms with E-state index in [-0.39, 0.29) is 9.80 Å². The van der Waals surface area contributed by atoms with E-state index < -0.39 is 15.6 Å². The van der Waals surface area contributed by atoms with Crippen molar-refractivity contribution in [1.82, 2.24) is 0 Å². The average Bonchev–Trinajstić information content (AvgIpc) is 2.69. The summed E-state index contributed by atoms with van der Waals surface area (Å²) in [6, 6.07) is 21.4. The molecule has 0 spiro atoms. The molecule has 0 unspecified atom stereocenters. The molecule has 1 aliphatic rings. The van der Waals surface area contributed by atoms with Gasteiger partial charge in [-0.1, -0.05) is 59.7 Å². The fourth-order valence-electron chi connectivity index (χ4n) is 3.20. The number of anilines is 2. The Labute approximate surface area is 164 Å². The number of rotatable bonds is 3. The van der Waals surface area contributed by atoms with Crippen molar-refractivity contribution in [1.29, 1.82) is 0 Å². The summed E-state index contributed by atoms with van der Waals surface area (Å²) in [5, 5.41) is 0. The van der Waals surface area contributed by atoms with Crippen molar-refractivity contribution < 1.29 is 13.2 Å². The molecule has 0 saturated carbocycles. The van der Waals surface area contributed by atoms with E-state index in [1.807, 2.05) is 38.1 Å². The number of Topliss-reactive ketones (excluding diaryl/α,β-unsaturated/α-hetero) is 1. The lowest BCUT2D eigenvalue weighted by Gasteiger charge is -2.29. The van der Waals surface area contributed by atoms with Gasteiger partial charge in [-0.15, -0.1) is 0 Å². The Morgan fingerprint density at radius 2 is 1.36 bits per heavy atom. The zero-order valence-corrected chi connectivity index (χ0v) is 16.4. The van der Waals surface area contributed by atoms with Gasteiger partial charge in [0, 0.05) is 17.5 Å². The first-order valence-electron chi connectivity index (χ1n) is 8.91. The number of aryl methyl sites for hydroxylation is 2. The second kappa shape index (κ2) is 6.77. The number of allylic oxidation sites excluding steroid dienone is 1. The summed E-state index contributed by atoms with van der Waals surface area (Å²) in [4.78, 5) is 14.8. The minimum Gasteiger partial charge on any atom is -0.314 e. The van der Waals surface area contributed by atoms with E-state index in [2.05, 4.69) is 0 Å². The van der Waals surface area contributed by atoms with Crippen LogP contribution in [0.4, 0.5) is 11.4 Å². The van der Waals surface area contributed by atoms with Crippen LogP contribution >= 0.6 is 0 Å². The van der Waals surface area contributed by atoms with E-state index in [1.54, 1.807) is 53.4 Å². The fraction of sp³-hybridized carbons (Fsp3) is 0.0870. The molecule has 1 aliphatic heterocycles. The number of para-hydroxylation sites is 1. The molecule has 0 atom stereocenters. The first-order chi connectivity index (χ1) is 13.4. The summed E-state index contributed by atoms with van der Waals surface area (Å²) in [5.41, 5.74) is 3.78. The number of fused-ring (bicyclic) bond motifs is 1. The summed E-state index contributed by atoms with van der Waals surface area (Å²) >= 11 is 0. The molecule has 3 aromatic rings. The molecule has 0 fully saturated rings. The van der Waals surface area contributed by atoms with Gasteiger partial charge in [0.2, 0.25) is 15.6 Å². The topological polar surface area (TPSA) is 54.5 Å². The molecule has 0 aliphatic carbocycles. The predicted octanol–water partition coefficient (Wildman–Crippen LogP) is 4.95. The number of hydrogen-bond donors (Lipinski definition) is 0. The Kier molecular flexibility index (Phi) is 4.40. The maximum Gasteiger partial charge on any atom is 0.214 e. The molecule has 0 saturated heterocycles. The molecular weight excluding hydrogens is 370 g/mol. The molecule has 140 valence electrons. The first-order valence-corrected chi connectivity index (χ1v) is 10.4. The van der Waals surface area contributed by atoms with Crippen LogP contribution in [-0.4, -0.2) is 14.2 Å². The minimum atomic E-state index is -3.92. The number of ketones is 1. The summed E-state index contributed by atoms with van der Waals surface area (Å²) in [5.74, 6) is -0.508. The third-order valence-electron chi connectivity index (χ3n) is 4.80. The molecule has 3 aromatic carbocycles. The van der Waals surface area contributed by atoms with E-state index in [0.717, 1.165) is 16.8 Å². The summed E-state index contributed by atoms with van der Waals surface area (Å²) in [6.07, 6.45) is 1.44. The van der Waals surface area contributed by atoms with Crippen molar-refractivity contribution in [2.75, 3.05) is 4.90 Å². The molecule has 1 heterocycles. The van der Waals surface area contributed by atoms with Gasteiger partial charge in [0.05, 0.1) is 10.6 Å². The van der Waals surface area contributed by atoms with Crippen molar-refractivity contribution in [3.63, 3.8) is 0 Å². The summed E-state index contributed by atoms with van der Waals surface area (Å²) in [6.45, 7) is 3.90. The highest BCUT2D eigenvalue weighted by Crippen LogP contribution is 2.40. The zero-order valence-electron chi connectivity index (χ0n) is 15.6. The second-order valence-corrected chi connectivity index (χ2v) is 8.75. The Morgan fingerprint density at radius 1 is 0.786 bits per heavy atom. The highest BCUT2D eigenvalue weighted by molar-refractivity contribution is 7.96. The van der Waals surface area contributed by atoms with Crippen LogP contribution in [0.2, 0.25) is 0 Å². The van der Waals surface area contributed by atoms with Crippen LogP contribution < -0.4 is 4.90 Å². The van der Waals surface area contributed by atoms with Gasteiger partial charge >= 0.3 is 0 Å². The van der Waals surface area contributed by atoms with Crippen molar-refractivity contribution >= 4 is 27.0 Å². The minimum absolute atomic E-state index is 0.133. The van der Waals surface area contributed by atoms with Gasteiger partial charge in [-0.3, -0.25) is 4.79 Å². The molecule has 0 aromatic heterocycles. The molecule has 4 rings (SSSR count). The smallest absolute Gasteiger partial charge is 0.214 e. The summed E-state index contributed by atoms with van der Waals surface area (Å²) in [7, 11) is -3.92. The fourth-order valence-corrected chi connectivity index (χ4v) is 4.75. The molecule has 0 radical (unpaired) electrons. The van der Waals surface area contributed by atoms with Gasteiger partial charge in [0.25, 0.3) is 0 Å². The molecule has 0 N–H and O–H groups in total. The van der Waals surface area contributed by atoms with Crippen LogP contribution in [0.15, 0.2) is 88.8 Å². The molecule has 0 amide bonds.